The van der Waals surface area contributed by atoms with Gasteiger partial charge in [-0.25, -0.2) is 4.98 Å². The summed E-state index contributed by atoms with van der Waals surface area (Å²) in [4.78, 5) is 6.33. The van der Waals surface area contributed by atoms with Crippen LogP contribution in [0.1, 0.15) is 73.2 Å². The third kappa shape index (κ3) is 3.47. The highest BCUT2D eigenvalue weighted by Gasteiger charge is 2.36. The van der Waals surface area contributed by atoms with Gasteiger partial charge in [0.05, 0.1) is 22.2 Å². The van der Waals surface area contributed by atoms with Crippen molar-refractivity contribution in [3.63, 3.8) is 0 Å². The van der Waals surface area contributed by atoms with Gasteiger partial charge in [-0.3, -0.25) is 0 Å². The van der Waals surface area contributed by atoms with Gasteiger partial charge in [-0.1, -0.05) is 38.0 Å². The second-order valence-electron chi connectivity index (χ2n) is 8.22. The molecule has 2 aliphatic carbocycles. The van der Waals surface area contributed by atoms with E-state index in [1.54, 1.807) is 0 Å². The van der Waals surface area contributed by atoms with Crippen LogP contribution in [0.15, 0.2) is 18.2 Å². The largest absolute Gasteiger partial charge is 0.394 e. The number of fused-ring (bicyclic) bond motifs is 3. The van der Waals surface area contributed by atoms with E-state index in [0.717, 1.165) is 38.5 Å². The molecule has 1 saturated carbocycles. The molecule has 26 heavy (non-hydrogen) atoms. The van der Waals surface area contributed by atoms with Gasteiger partial charge in [0.15, 0.2) is 0 Å². The van der Waals surface area contributed by atoms with Crippen LogP contribution in [0.5, 0.6) is 0 Å². The monoisotopic (exact) mass is 370 g/mol. The van der Waals surface area contributed by atoms with Crippen molar-refractivity contribution in [2.45, 2.75) is 76.2 Å². The van der Waals surface area contributed by atoms with Crippen LogP contribution in [0, 0.1) is 0 Å². The number of benzene rings is 1. The minimum absolute atomic E-state index is 0.0967. The van der Waals surface area contributed by atoms with E-state index in [-0.39, 0.29) is 12.1 Å². The van der Waals surface area contributed by atoms with E-state index in [0.29, 0.717) is 5.92 Å². The lowest BCUT2D eigenvalue weighted by Gasteiger charge is -2.22. The zero-order chi connectivity index (χ0) is 18.1. The van der Waals surface area contributed by atoms with Crippen LogP contribution in [0.4, 0.5) is 0 Å². The van der Waals surface area contributed by atoms with E-state index < -0.39 is 0 Å². The van der Waals surface area contributed by atoms with Gasteiger partial charge in [-0.15, -0.1) is 11.3 Å². The summed E-state index contributed by atoms with van der Waals surface area (Å²) in [6.45, 7) is 2.35. The first-order valence-electron chi connectivity index (χ1n) is 10.1. The predicted molar refractivity (Wildman–Crippen MR) is 109 cm³/mol. The van der Waals surface area contributed by atoms with Crippen LogP contribution >= 0.6 is 11.3 Å². The van der Waals surface area contributed by atoms with Crippen LogP contribution in [0.2, 0.25) is 0 Å². The van der Waals surface area contributed by atoms with Gasteiger partial charge in [0.1, 0.15) is 0 Å². The molecule has 4 heteroatoms. The number of aryl methyl sites for hydroxylation is 3. The third-order valence-corrected chi connectivity index (χ3v) is 7.36. The number of aliphatic hydroxyl groups is 1. The molecule has 0 aliphatic heterocycles. The van der Waals surface area contributed by atoms with Crippen molar-refractivity contribution < 1.29 is 5.11 Å². The number of aliphatic hydroxyl groups excluding tert-OH is 1. The molecule has 3 nitrogen and oxygen atoms in total. The van der Waals surface area contributed by atoms with Crippen LogP contribution in [0.25, 0.3) is 10.4 Å². The molecule has 2 aliphatic rings. The van der Waals surface area contributed by atoms with Crippen LogP contribution in [-0.4, -0.2) is 22.2 Å². The summed E-state index contributed by atoms with van der Waals surface area (Å²) < 4.78 is 0. The van der Waals surface area contributed by atoms with Crippen molar-refractivity contribution in [3.8, 4) is 10.4 Å². The van der Waals surface area contributed by atoms with Crippen LogP contribution < -0.4 is 5.73 Å². The Bertz CT molecular complexity index is 784. The smallest absolute Gasteiger partial charge is 0.0934 e. The van der Waals surface area contributed by atoms with E-state index in [1.165, 1.54) is 51.5 Å². The van der Waals surface area contributed by atoms with Crippen molar-refractivity contribution >= 4 is 11.3 Å². The van der Waals surface area contributed by atoms with Crippen molar-refractivity contribution in [1.29, 1.82) is 0 Å². The number of hydrogen-bond donors (Lipinski definition) is 2. The fraction of sp³-hybridized carbons (Fsp3) is 0.591. The number of nitrogens with zero attached hydrogens (tertiary/aromatic N) is 1. The van der Waals surface area contributed by atoms with E-state index in [2.05, 4.69) is 25.1 Å². The normalized spacial score (nSPS) is 24.5. The zero-order valence-corrected chi connectivity index (χ0v) is 16.6. The Balaban J connectivity index is 1.55. The number of unbranched alkanes of at least 4 members (excludes halogenated alkanes) is 2. The summed E-state index contributed by atoms with van der Waals surface area (Å²) >= 11 is 1.91. The first-order chi connectivity index (χ1) is 12.6. The molecule has 1 aromatic carbocycles. The Labute approximate surface area is 160 Å². The summed E-state index contributed by atoms with van der Waals surface area (Å²) in [5.74, 6) is 0.491. The molecule has 2 aromatic rings. The number of hydrogen-bond acceptors (Lipinski definition) is 4. The number of nitrogens with two attached hydrogens (primary N) is 1. The quantitative estimate of drug-likeness (QED) is 0.731. The molecular weight excluding hydrogens is 340 g/mol. The minimum Gasteiger partial charge on any atom is -0.394 e. The molecule has 4 rings (SSSR count). The molecule has 0 bridgehead atoms. The molecule has 1 heterocycles. The lowest BCUT2D eigenvalue weighted by molar-refractivity contribution is 0.198. The maximum atomic E-state index is 9.54. The summed E-state index contributed by atoms with van der Waals surface area (Å²) in [5.41, 5.74) is 11.5. The van der Waals surface area contributed by atoms with E-state index >= 15 is 0 Å². The molecule has 1 aromatic heterocycles. The fourth-order valence-electron chi connectivity index (χ4n) is 4.55. The molecule has 1 fully saturated rings. The molecule has 0 spiro atoms. The second-order valence-corrected chi connectivity index (χ2v) is 9.30. The van der Waals surface area contributed by atoms with E-state index in [4.69, 9.17) is 10.7 Å². The van der Waals surface area contributed by atoms with Crippen molar-refractivity contribution in [3.05, 3.63) is 40.0 Å². The third-order valence-electron chi connectivity index (χ3n) is 6.17. The number of rotatable bonds is 6. The van der Waals surface area contributed by atoms with Gasteiger partial charge < -0.3 is 10.8 Å². The van der Waals surface area contributed by atoms with Gasteiger partial charge in [0.25, 0.3) is 0 Å². The lowest BCUT2D eigenvalue weighted by atomic mass is 9.87. The van der Waals surface area contributed by atoms with Crippen LogP contribution in [0.3, 0.4) is 0 Å². The van der Waals surface area contributed by atoms with Gasteiger partial charge in [-0.05, 0) is 67.6 Å². The molecule has 140 valence electrons. The first kappa shape index (κ1) is 18.1. The Morgan fingerprint density at radius 3 is 2.96 bits per heavy atom. The zero-order valence-electron chi connectivity index (χ0n) is 15.8. The van der Waals surface area contributed by atoms with Crippen LogP contribution in [-0.2, 0) is 19.3 Å². The molecule has 0 amide bonds. The minimum atomic E-state index is -0.376. The van der Waals surface area contributed by atoms with E-state index in [9.17, 15) is 5.11 Å². The Morgan fingerprint density at radius 2 is 2.19 bits per heavy atom. The Morgan fingerprint density at radius 1 is 1.31 bits per heavy atom. The molecule has 0 saturated heterocycles. The Kier molecular flexibility index (Phi) is 5.18. The highest BCUT2D eigenvalue weighted by molar-refractivity contribution is 7.15. The molecule has 2 unspecified atom stereocenters. The van der Waals surface area contributed by atoms with Crippen molar-refractivity contribution in [2.75, 3.05) is 6.61 Å². The van der Waals surface area contributed by atoms with Crippen molar-refractivity contribution in [1.82, 2.24) is 4.98 Å². The lowest BCUT2D eigenvalue weighted by Crippen LogP contribution is -2.40. The maximum Gasteiger partial charge on any atom is 0.0934 e. The second kappa shape index (κ2) is 7.41. The summed E-state index contributed by atoms with van der Waals surface area (Å²) in [6.07, 6.45) is 10.0. The Hall–Kier alpha value is -1.23. The summed E-state index contributed by atoms with van der Waals surface area (Å²) in [7, 11) is 0. The standard InChI is InChI=1S/C22H30N2OS/c1-2-3-4-5-20-24-19-9-7-16-12-15(6-8-18(16)21(19)26-20)17-10-11-22(23,13-17)14-25/h6,8,12,17,25H,2-5,7,9-11,13-14,23H2,1H3. The van der Waals surface area contributed by atoms with Crippen molar-refractivity contribution in [2.24, 2.45) is 5.73 Å². The SMILES string of the molecule is CCCCCc1nc2c(s1)-c1ccc(C3CCC(N)(CO)C3)cc1CC2. The average Bonchev–Trinajstić information content (AvgIpc) is 3.25. The number of aromatic nitrogens is 1. The topological polar surface area (TPSA) is 59.1 Å². The highest BCUT2D eigenvalue weighted by Crippen LogP contribution is 2.43. The molecule has 0 radical (unpaired) electrons. The first-order valence-corrected chi connectivity index (χ1v) is 10.9. The maximum absolute atomic E-state index is 9.54. The van der Waals surface area contributed by atoms with Gasteiger partial charge in [0, 0.05) is 5.54 Å². The van der Waals surface area contributed by atoms with Gasteiger partial charge in [-0.2, -0.15) is 0 Å². The van der Waals surface area contributed by atoms with E-state index in [1.807, 2.05) is 11.3 Å². The summed E-state index contributed by atoms with van der Waals surface area (Å²) in [5, 5.41) is 10.9. The van der Waals surface area contributed by atoms with Gasteiger partial charge in [0.2, 0.25) is 0 Å². The molecular formula is C22H30N2OS. The van der Waals surface area contributed by atoms with Gasteiger partial charge >= 0.3 is 0 Å². The average molecular weight is 371 g/mol. The highest BCUT2D eigenvalue weighted by atomic mass is 32.1. The summed E-state index contributed by atoms with van der Waals surface area (Å²) in [6, 6.07) is 7.01. The number of thiazole rings is 1. The predicted octanol–water partition coefficient (Wildman–Crippen LogP) is 4.60. The molecule has 2 atom stereocenters. The fourth-order valence-corrected chi connectivity index (χ4v) is 5.76. The molecule has 3 N–H and O–H groups in total.